The van der Waals surface area contributed by atoms with Crippen LogP contribution in [0.1, 0.15) is 35.3 Å². The SMILES string of the molecule is CCOc1cc2c(cc1NC(=O)c1ccc(-c3cccc(C)c3)[nH]c1=O)OC(C)C2. The fourth-order valence-corrected chi connectivity index (χ4v) is 3.64. The molecule has 1 unspecified atom stereocenters. The van der Waals surface area contributed by atoms with Gasteiger partial charge in [-0.05, 0) is 50.6 Å². The predicted molar refractivity (Wildman–Crippen MR) is 117 cm³/mol. The van der Waals surface area contributed by atoms with Crippen molar-refractivity contribution in [2.24, 2.45) is 0 Å². The van der Waals surface area contributed by atoms with E-state index in [1.54, 1.807) is 12.1 Å². The lowest BCUT2D eigenvalue weighted by atomic mass is 10.1. The van der Waals surface area contributed by atoms with Crippen molar-refractivity contribution >= 4 is 11.6 Å². The molecule has 1 aliphatic rings. The summed E-state index contributed by atoms with van der Waals surface area (Å²) in [6.45, 7) is 6.32. The first-order valence-electron chi connectivity index (χ1n) is 10.0. The van der Waals surface area contributed by atoms with Crippen LogP contribution in [-0.4, -0.2) is 23.6 Å². The second-order valence-electron chi connectivity index (χ2n) is 7.46. The molecule has 154 valence electrons. The summed E-state index contributed by atoms with van der Waals surface area (Å²) in [6.07, 6.45) is 0.876. The Kier molecular flexibility index (Phi) is 5.31. The lowest BCUT2D eigenvalue weighted by Crippen LogP contribution is -2.23. The Labute approximate surface area is 174 Å². The van der Waals surface area contributed by atoms with Gasteiger partial charge in [0.25, 0.3) is 11.5 Å². The Morgan fingerprint density at radius 1 is 1.23 bits per heavy atom. The highest BCUT2D eigenvalue weighted by molar-refractivity contribution is 6.05. The van der Waals surface area contributed by atoms with Gasteiger partial charge in [0.1, 0.15) is 23.2 Å². The van der Waals surface area contributed by atoms with Crippen LogP contribution < -0.4 is 20.3 Å². The molecule has 6 nitrogen and oxygen atoms in total. The molecule has 3 aromatic rings. The molecule has 2 heterocycles. The second-order valence-corrected chi connectivity index (χ2v) is 7.46. The van der Waals surface area contributed by atoms with Crippen molar-refractivity contribution in [2.75, 3.05) is 11.9 Å². The minimum absolute atomic E-state index is 0.0311. The highest BCUT2D eigenvalue weighted by Crippen LogP contribution is 2.38. The number of aryl methyl sites for hydroxylation is 1. The predicted octanol–water partition coefficient (Wildman–Crippen LogP) is 4.32. The Balaban J connectivity index is 1.61. The number of aromatic nitrogens is 1. The Bertz CT molecular complexity index is 1170. The molecule has 2 N–H and O–H groups in total. The van der Waals surface area contributed by atoms with Crippen LogP contribution in [-0.2, 0) is 6.42 Å². The molecule has 0 saturated carbocycles. The molecule has 1 atom stereocenters. The average molecular weight is 404 g/mol. The van der Waals surface area contributed by atoms with Crippen molar-refractivity contribution in [2.45, 2.75) is 33.3 Å². The zero-order valence-corrected chi connectivity index (χ0v) is 17.2. The third kappa shape index (κ3) is 3.94. The number of aromatic amines is 1. The minimum atomic E-state index is -0.501. The third-order valence-electron chi connectivity index (χ3n) is 5.03. The van der Waals surface area contributed by atoms with Gasteiger partial charge in [-0.25, -0.2) is 0 Å². The highest BCUT2D eigenvalue weighted by Gasteiger charge is 2.23. The molecule has 4 rings (SSSR count). The van der Waals surface area contributed by atoms with E-state index in [1.807, 2.05) is 51.1 Å². The number of hydrogen-bond donors (Lipinski definition) is 2. The van der Waals surface area contributed by atoms with Gasteiger partial charge in [-0.1, -0.05) is 23.8 Å². The van der Waals surface area contributed by atoms with Crippen LogP contribution in [0, 0.1) is 6.92 Å². The summed E-state index contributed by atoms with van der Waals surface area (Å²) < 4.78 is 11.5. The minimum Gasteiger partial charge on any atom is -0.492 e. The van der Waals surface area contributed by atoms with E-state index in [-0.39, 0.29) is 11.7 Å². The van der Waals surface area contributed by atoms with Crippen LogP contribution in [0.5, 0.6) is 11.5 Å². The van der Waals surface area contributed by atoms with Gasteiger partial charge in [-0.2, -0.15) is 0 Å². The molecule has 1 aliphatic heterocycles. The van der Waals surface area contributed by atoms with Gasteiger partial charge < -0.3 is 19.8 Å². The van der Waals surface area contributed by atoms with Crippen molar-refractivity contribution in [1.29, 1.82) is 0 Å². The lowest BCUT2D eigenvalue weighted by molar-refractivity contribution is 0.102. The normalized spacial score (nSPS) is 14.7. The van der Waals surface area contributed by atoms with E-state index in [0.29, 0.717) is 23.7 Å². The summed E-state index contributed by atoms with van der Waals surface area (Å²) in [7, 11) is 0. The zero-order chi connectivity index (χ0) is 21.3. The van der Waals surface area contributed by atoms with Gasteiger partial charge in [0.2, 0.25) is 0 Å². The largest absolute Gasteiger partial charge is 0.492 e. The van der Waals surface area contributed by atoms with Crippen molar-refractivity contribution in [3.05, 3.63) is 75.6 Å². The summed E-state index contributed by atoms with van der Waals surface area (Å²) in [4.78, 5) is 28.2. The first-order chi connectivity index (χ1) is 14.4. The van der Waals surface area contributed by atoms with Crippen LogP contribution in [0.4, 0.5) is 5.69 Å². The number of H-pyrrole nitrogens is 1. The topological polar surface area (TPSA) is 80.4 Å². The number of hydrogen-bond acceptors (Lipinski definition) is 4. The molecule has 1 aromatic heterocycles. The first kappa shape index (κ1) is 19.8. The van der Waals surface area contributed by atoms with Gasteiger partial charge in [0.05, 0.1) is 12.3 Å². The maximum atomic E-state index is 12.8. The monoisotopic (exact) mass is 404 g/mol. The summed E-state index contributed by atoms with van der Waals surface area (Å²) in [6, 6.07) is 14.7. The zero-order valence-electron chi connectivity index (χ0n) is 17.2. The number of carbonyl (C=O) groups excluding carboxylic acids is 1. The first-order valence-corrected chi connectivity index (χ1v) is 10.0. The lowest BCUT2D eigenvalue weighted by Gasteiger charge is -2.13. The van der Waals surface area contributed by atoms with E-state index >= 15 is 0 Å². The summed E-state index contributed by atoms with van der Waals surface area (Å²) >= 11 is 0. The molecule has 0 radical (unpaired) electrons. The van der Waals surface area contributed by atoms with E-state index in [0.717, 1.165) is 28.9 Å². The average Bonchev–Trinajstić information content (AvgIpc) is 3.07. The second kappa shape index (κ2) is 8.06. The number of ether oxygens (including phenoxy) is 2. The van der Waals surface area contributed by atoms with E-state index in [2.05, 4.69) is 10.3 Å². The van der Waals surface area contributed by atoms with Crippen molar-refractivity contribution in [1.82, 2.24) is 4.98 Å². The number of nitrogens with one attached hydrogen (secondary N) is 2. The number of pyridine rings is 1. The van der Waals surface area contributed by atoms with Gasteiger partial charge in [0.15, 0.2) is 0 Å². The van der Waals surface area contributed by atoms with Gasteiger partial charge in [-0.3, -0.25) is 9.59 Å². The van der Waals surface area contributed by atoms with Crippen LogP contribution in [0.25, 0.3) is 11.3 Å². The standard InChI is InChI=1S/C24H24N2O4/c1-4-29-22-12-17-11-15(3)30-21(17)13-20(22)26-24(28)18-8-9-19(25-23(18)27)16-7-5-6-14(2)10-16/h5-10,12-13,15H,4,11H2,1-3H3,(H,25,27)(H,26,28). The Morgan fingerprint density at radius 3 is 2.80 bits per heavy atom. The maximum Gasteiger partial charge on any atom is 0.261 e. The van der Waals surface area contributed by atoms with Crippen molar-refractivity contribution in [3.63, 3.8) is 0 Å². The fourth-order valence-electron chi connectivity index (χ4n) is 3.64. The van der Waals surface area contributed by atoms with Crippen LogP contribution >= 0.6 is 0 Å². The summed E-state index contributed by atoms with van der Waals surface area (Å²) in [5, 5.41) is 2.80. The molecular formula is C24H24N2O4. The summed E-state index contributed by atoms with van der Waals surface area (Å²) in [5.74, 6) is 0.791. The molecule has 1 amide bonds. The van der Waals surface area contributed by atoms with E-state index in [4.69, 9.17) is 9.47 Å². The van der Waals surface area contributed by atoms with Crippen LogP contribution in [0.15, 0.2) is 53.3 Å². The molecule has 6 heteroatoms. The molecule has 30 heavy (non-hydrogen) atoms. The van der Waals surface area contributed by atoms with Crippen molar-refractivity contribution in [3.8, 4) is 22.8 Å². The third-order valence-corrected chi connectivity index (χ3v) is 5.03. The highest BCUT2D eigenvalue weighted by atomic mass is 16.5. The van der Waals surface area contributed by atoms with Crippen LogP contribution in [0.2, 0.25) is 0 Å². The molecule has 2 aromatic carbocycles. The summed E-state index contributed by atoms with van der Waals surface area (Å²) in [5.41, 5.74) is 3.75. The molecule has 0 spiro atoms. The van der Waals surface area contributed by atoms with E-state index < -0.39 is 11.5 Å². The quantitative estimate of drug-likeness (QED) is 0.663. The molecule has 0 fully saturated rings. The smallest absolute Gasteiger partial charge is 0.261 e. The maximum absolute atomic E-state index is 12.8. The number of amides is 1. The molecule has 0 bridgehead atoms. The van der Waals surface area contributed by atoms with E-state index in [9.17, 15) is 9.59 Å². The number of rotatable bonds is 5. The Morgan fingerprint density at radius 2 is 2.07 bits per heavy atom. The fraction of sp³-hybridized carbons (Fsp3) is 0.250. The van der Waals surface area contributed by atoms with Gasteiger partial charge in [-0.15, -0.1) is 0 Å². The molecular weight excluding hydrogens is 380 g/mol. The van der Waals surface area contributed by atoms with Gasteiger partial charge >= 0.3 is 0 Å². The van der Waals surface area contributed by atoms with Crippen molar-refractivity contribution < 1.29 is 14.3 Å². The molecule has 0 aliphatic carbocycles. The van der Waals surface area contributed by atoms with Crippen LogP contribution in [0.3, 0.4) is 0 Å². The number of benzene rings is 2. The number of anilines is 1. The number of carbonyl (C=O) groups is 1. The van der Waals surface area contributed by atoms with Gasteiger partial charge in [0, 0.05) is 23.7 Å². The number of fused-ring (bicyclic) bond motifs is 1. The Hall–Kier alpha value is -3.54. The molecule has 0 saturated heterocycles. The van der Waals surface area contributed by atoms with E-state index in [1.165, 1.54) is 6.07 Å².